The number of hydrogen-bond donors (Lipinski definition) is 0. The van der Waals surface area contributed by atoms with Crippen LogP contribution in [-0.2, 0) is 0 Å². The van der Waals surface area contributed by atoms with Gasteiger partial charge >= 0.3 is 0 Å². The average molecular weight is 321 g/mol. The maximum Gasteiger partial charge on any atom is 0.0181 e. The molecule has 2 atom stereocenters. The summed E-state index contributed by atoms with van der Waals surface area (Å²) in [7, 11) is 5.71. The average Bonchev–Trinajstić information content (AvgIpc) is 2.36. The van der Waals surface area contributed by atoms with Gasteiger partial charge in [-0.05, 0) is 44.3 Å². The van der Waals surface area contributed by atoms with Crippen LogP contribution in [0.2, 0.25) is 0 Å². The molecule has 0 heterocycles. The van der Waals surface area contributed by atoms with Gasteiger partial charge in [0.25, 0.3) is 0 Å². The van der Waals surface area contributed by atoms with Gasteiger partial charge in [0.1, 0.15) is 0 Å². The van der Waals surface area contributed by atoms with Gasteiger partial charge in [-0.2, -0.15) is 0 Å². The molecular formula is C14H11BrP2. The molecule has 3 aromatic carbocycles. The Hall–Kier alpha value is -0.480. The second-order valence-electron chi connectivity index (χ2n) is 4.06. The Balaban J connectivity index is 2.66. The van der Waals surface area contributed by atoms with E-state index in [9.17, 15) is 0 Å². The maximum absolute atomic E-state index is 3.55. The van der Waals surface area contributed by atoms with Crippen molar-refractivity contribution in [1.82, 2.24) is 0 Å². The molecule has 0 nitrogen and oxygen atoms in total. The molecule has 0 spiro atoms. The summed E-state index contributed by atoms with van der Waals surface area (Å²) in [6.07, 6.45) is 0. The molecule has 0 amide bonds. The second kappa shape index (κ2) is 4.32. The van der Waals surface area contributed by atoms with Gasteiger partial charge < -0.3 is 0 Å². The van der Waals surface area contributed by atoms with Gasteiger partial charge in [0.2, 0.25) is 0 Å². The molecule has 2 unspecified atom stereocenters. The Kier molecular flexibility index (Phi) is 2.95. The molecule has 84 valence electrons. The second-order valence-corrected chi connectivity index (χ2v) is 6.13. The van der Waals surface area contributed by atoms with E-state index in [1.807, 2.05) is 0 Å². The van der Waals surface area contributed by atoms with E-state index in [1.165, 1.54) is 32.2 Å². The number of fused-ring (bicyclic) bond motifs is 3. The third-order valence-corrected chi connectivity index (χ3v) is 5.14. The summed E-state index contributed by atoms with van der Waals surface area (Å²) in [5.41, 5.74) is 0. The Bertz CT molecular complexity index is 735. The third-order valence-electron chi connectivity index (χ3n) is 3.07. The van der Waals surface area contributed by atoms with E-state index in [0.29, 0.717) is 0 Å². The normalized spacial score (nSPS) is 11.2. The summed E-state index contributed by atoms with van der Waals surface area (Å²) >= 11 is 3.55. The number of benzene rings is 3. The molecule has 3 heteroatoms. The Labute approximate surface area is 113 Å². The zero-order chi connectivity index (χ0) is 12.0. The van der Waals surface area contributed by atoms with E-state index in [-0.39, 0.29) is 0 Å². The van der Waals surface area contributed by atoms with Crippen LogP contribution < -0.4 is 10.6 Å². The summed E-state index contributed by atoms with van der Waals surface area (Å²) in [4.78, 5) is 0. The van der Waals surface area contributed by atoms with Crippen LogP contribution in [0, 0.1) is 0 Å². The van der Waals surface area contributed by atoms with E-state index in [1.54, 1.807) is 0 Å². The highest BCUT2D eigenvalue weighted by Crippen LogP contribution is 2.27. The van der Waals surface area contributed by atoms with Crippen molar-refractivity contribution in [2.24, 2.45) is 0 Å². The highest BCUT2D eigenvalue weighted by Gasteiger charge is 2.08. The summed E-state index contributed by atoms with van der Waals surface area (Å²) in [6, 6.07) is 15.0. The Morgan fingerprint density at radius 1 is 0.706 bits per heavy atom. The van der Waals surface area contributed by atoms with Gasteiger partial charge in [-0.3, -0.25) is 0 Å². The van der Waals surface area contributed by atoms with Gasteiger partial charge in [0.15, 0.2) is 0 Å². The monoisotopic (exact) mass is 320 g/mol. The van der Waals surface area contributed by atoms with Crippen LogP contribution in [0.5, 0.6) is 0 Å². The SMILES string of the molecule is Pc1c(P)c2ccc(Br)cc2c2ccccc12. The molecule has 0 aliphatic rings. The van der Waals surface area contributed by atoms with Gasteiger partial charge in [-0.1, -0.05) is 46.3 Å². The van der Waals surface area contributed by atoms with Crippen LogP contribution in [0.4, 0.5) is 0 Å². The molecule has 0 N–H and O–H groups in total. The largest absolute Gasteiger partial charge is 0.104 e. The first-order chi connectivity index (χ1) is 8.18. The first-order valence-corrected chi connectivity index (χ1v) is 7.28. The standard InChI is InChI=1S/C14H11BrP2/c15-8-5-6-11-12(7-8)9-3-1-2-4-10(9)13(16)14(11)17/h1-7H,16-17H2. The highest BCUT2D eigenvalue weighted by molar-refractivity contribution is 9.10. The van der Waals surface area contributed by atoms with Crippen molar-refractivity contribution >= 4 is 66.6 Å². The summed E-state index contributed by atoms with van der Waals surface area (Å²) in [5, 5.41) is 7.72. The molecule has 0 aliphatic heterocycles. The van der Waals surface area contributed by atoms with Crippen molar-refractivity contribution in [3.63, 3.8) is 0 Å². The predicted molar refractivity (Wildman–Crippen MR) is 87.8 cm³/mol. The lowest BCUT2D eigenvalue weighted by molar-refractivity contribution is 1.75. The van der Waals surface area contributed by atoms with Gasteiger partial charge in [0.05, 0.1) is 0 Å². The minimum atomic E-state index is 1.12. The predicted octanol–water partition coefficient (Wildman–Crippen LogP) is 3.76. The fourth-order valence-electron chi connectivity index (χ4n) is 2.22. The summed E-state index contributed by atoms with van der Waals surface area (Å²) in [5.74, 6) is 0. The van der Waals surface area contributed by atoms with Crippen molar-refractivity contribution in [1.29, 1.82) is 0 Å². The molecule has 0 radical (unpaired) electrons. The zero-order valence-electron chi connectivity index (χ0n) is 9.07. The van der Waals surface area contributed by atoms with E-state index < -0.39 is 0 Å². The molecule has 3 rings (SSSR count). The molecule has 0 aliphatic carbocycles. The molecule has 0 saturated carbocycles. The minimum absolute atomic E-state index is 1.12. The van der Waals surface area contributed by atoms with Crippen LogP contribution in [0.25, 0.3) is 21.5 Å². The van der Waals surface area contributed by atoms with Crippen LogP contribution in [0.1, 0.15) is 0 Å². The van der Waals surface area contributed by atoms with E-state index in [4.69, 9.17) is 0 Å². The fraction of sp³-hybridized carbons (Fsp3) is 0. The van der Waals surface area contributed by atoms with Crippen LogP contribution in [-0.4, -0.2) is 0 Å². The lowest BCUT2D eigenvalue weighted by Crippen LogP contribution is -2.13. The zero-order valence-corrected chi connectivity index (χ0v) is 13.0. The van der Waals surface area contributed by atoms with Gasteiger partial charge in [-0.15, -0.1) is 18.5 Å². The van der Waals surface area contributed by atoms with Gasteiger partial charge in [0, 0.05) is 4.47 Å². The number of halogens is 1. The van der Waals surface area contributed by atoms with Crippen LogP contribution in [0.3, 0.4) is 0 Å². The van der Waals surface area contributed by atoms with Crippen molar-refractivity contribution in [2.45, 2.75) is 0 Å². The molecular weight excluding hydrogens is 310 g/mol. The Morgan fingerprint density at radius 2 is 1.29 bits per heavy atom. The smallest absolute Gasteiger partial charge is 0.0181 e. The van der Waals surface area contributed by atoms with Crippen LogP contribution >= 0.6 is 34.4 Å². The van der Waals surface area contributed by atoms with Crippen molar-refractivity contribution < 1.29 is 0 Å². The summed E-state index contributed by atoms with van der Waals surface area (Å²) in [6.45, 7) is 0. The highest BCUT2D eigenvalue weighted by atomic mass is 79.9. The number of hydrogen-bond acceptors (Lipinski definition) is 0. The van der Waals surface area contributed by atoms with E-state index in [0.717, 1.165) is 4.47 Å². The topological polar surface area (TPSA) is 0 Å². The first kappa shape index (κ1) is 11.6. The van der Waals surface area contributed by atoms with E-state index in [2.05, 4.69) is 76.9 Å². The molecule has 0 bridgehead atoms. The number of rotatable bonds is 0. The van der Waals surface area contributed by atoms with Crippen molar-refractivity contribution in [3.05, 3.63) is 46.9 Å². The van der Waals surface area contributed by atoms with Crippen LogP contribution in [0.15, 0.2) is 46.9 Å². The van der Waals surface area contributed by atoms with E-state index >= 15 is 0 Å². The fourth-order valence-corrected chi connectivity index (χ4v) is 3.39. The Morgan fingerprint density at radius 3 is 2.00 bits per heavy atom. The maximum atomic E-state index is 3.55. The first-order valence-electron chi connectivity index (χ1n) is 5.33. The third kappa shape index (κ3) is 1.82. The van der Waals surface area contributed by atoms with Crippen molar-refractivity contribution in [3.8, 4) is 0 Å². The van der Waals surface area contributed by atoms with Crippen molar-refractivity contribution in [2.75, 3.05) is 0 Å². The molecule has 3 aromatic rings. The molecule has 0 aromatic heterocycles. The van der Waals surface area contributed by atoms with Gasteiger partial charge in [-0.25, -0.2) is 0 Å². The quantitative estimate of drug-likeness (QED) is 0.437. The molecule has 17 heavy (non-hydrogen) atoms. The molecule has 0 fully saturated rings. The lowest BCUT2D eigenvalue weighted by Gasteiger charge is -2.11. The lowest BCUT2D eigenvalue weighted by atomic mass is 10.0. The summed E-state index contributed by atoms with van der Waals surface area (Å²) < 4.78 is 1.12. The minimum Gasteiger partial charge on any atom is -0.104 e. The molecule has 0 saturated heterocycles.